The molecule has 31 heavy (non-hydrogen) atoms. The van der Waals surface area contributed by atoms with E-state index >= 15 is 0 Å². The number of benzene rings is 2. The third-order valence-electron chi connectivity index (χ3n) is 6.15. The number of likely N-dealkylation sites (tertiary alicyclic amines) is 1. The van der Waals surface area contributed by atoms with E-state index in [2.05, 4.69) is 4.98 Å². The summed E-state index contributed by atoms with van der Waals surface area (Å²) in [6.07, 6.45) is 2.88. The highest BCUT2D eigenvalue weighted by atomic mass is 32.2. The van der Waals surface area contributed by atoms with Gasteiger partial charge in [0.25, 0.3) is 0 Å². The van der Waals surface area contributed by atoms with Crippen molar-refractivity contribution in [2.45, 2.75) is 43.3 Å². The Morgan fingerprint density at radius 1 is 1.03 bits per heavy atom. The van der Waals surface area contributed by atoms with E-state index in [-0.39, 0.29) is 23.8 Å². The van der Waals surface area contributed by atoms with Crippen LogP contribution in [0.1, 0.15) is 30.9 Å². The molecule has 2 unspecified atom stereocenters. The van der Waals surface area contributed by atoms with Crippen LogP contribution in [0.25, 0.3) is 10.9 Å². The van der Waals surface area contributed by atoms with E-state index < -0.39 is 26.9 Å². The van der Waals surface area contributed by atoms with Crippen LogP contribution in [0.2, 0.25) is 0 Å². The fourth-order valence-corrected chi connectivity index (χ4v) is 5.97. The first kappa shape index (κ1) is 21.3. The largest absolute Gasteiger partial charge is 0.361 e. The minimum absolute atomic E-state index is 0.0357. The fraction of sp³-hybridized carbons (Fsp3) is 0.333. The fourth-order valence-electron chi connectivity index (χ4n) is 4.25. The number of nitrogens with one attached hydrogen (secondary N) is 1. The molecule has 1 N–H and O–H groups in total. The van der Waals surface area contributed by atoms with Crippen LogP contribution >= 0.6 is 0 Å². The summed E-state index contributed by atoms with van der Waals surface area (Å²) >= 11 is 0. The number of hydrogen-bond acceptors (Lipinski definition) is 4. The van der Waals surface area contributed by atoms with E-state index in [0.717, 1.165) is 26.9 Å². The van der Waals surface area contributed by atoms with Crippen LogP contribution in [0, 0.1) is 12.8 Å². The number of H-pyrrole nitrogens is 1. The Balaban J connectivity index is 1.61. The molecule has 4 rings (SSSR count). The monoisotopic (exact) mass is 438 g/mol. The second-order valence-electron chi connectivity index (χ2n) is 8.13. The summed E-state index contributed by atoms with van der Waals surface area (Å²) in [6, 6.07) is 14.3. The number of piperidine rings is 1. The molecular formula is C24H26N2O4S. The SMILES string of the molecule is CCC1CC(S(=O)(=O)c2ccc(C)cc2)C(=O)N(CCc2c[nH]c3ccccc23)C1=O. The average Bonchev–Trinajstić information content (AvgIpc) is 3.17. The summed E-state index contributed by atoms with van der Waals surface area (Å²) in [4.78, 5) is 30.6. The zero-order valence-corrected chi connectivity index (χ0v) is 18.5. The van der Waals surface area contributed by atoms with Gasteiger partial charge in [0.1, 0.15) is 5.25 Å². The number of carbonyl (C=O) groups is 2. The van der Waals surface area contributed by atoms with Crippen molar-refractivity contribution < 1.29 is 18.0 Å². The minimum Gasteiger partial charge on any atom is -0.361 e. The lowest BCUT2D eigenvalue weighted by Crippen LogP contribution is -2.54. The standard InChI is InChI=1S/C24H26N2O4S/c1-3-17-14-22(31(29,30)19-10-8-16(2)9-11-19)24(28)26(23(17)27)13-12-18-15-25-21-7-5-4-6-20(18)21/h4-11,15,17,22,25H,3,12-14H2,1-2H3. The van der Waals surface area contributed by atoms with Gasteiger partial charge in [0.2, 0.25) is 11.8 Å². The van der Waals surface area contributed by atoms with Crippen molar-refractivity contribution >= 4 is 32.6 Å². The molecule has 1 saturated heterocycles. The van der Waals surface area contributed by atoms with E-state index in [1.807, 2.05) is 44.3 Å². The normalized spacial score (nSPS) is 19.9. The highest BCUT2D eigenvalue weighted by molar-refractivity contribution is 7.92. The Morgan fingerprint density at radius 2 is 1.74 bits per heavy atom. The van der Waals surface area contributed by atoms with Gasteiger partial charge in [-0.05, 0) is 49.9 Å². The minimum atomic E-state index is -3.88. The number of sulfone groups is 1. The molecule has 0 radical (unpaired) electrons. The van der Waals surface area contributed by atoms with Gasteiger partial charge in [-0.15, -0.1) is 0 Å². The molecule has 1 fully saturated rings. The summed E-state index contributed by atoms with van der Waals surface area (Å²) in [7, 11) is -3.88. The number of para-hydroxylation sites is 1. The molecule has 3 aromatic rings. The maximum atomic E-state index is 13.3. The van der Waals surface area contributed by atoms with Crippen molar-refractivity contribution in [3.05, 3.63) is 65.9 Å². The highest BCUT2D eigenvalue weighted by Gasteiger charge is 2.46. The smallest absolute Gasteiger partial charge is 0.247 e. The van der Waals surface area contributed by atoms with Crippen molar-refractivity contribution in [1.82, 2.24) is 9.88 Å². The average molecular weight is 439 g/mol. The zero-order valence-electron chi connectivity index (χ0n) is 17.7. The number of aromatic nitrogens is 1. The van der Waals surface area contributed by atoms with Crippen molar-refractivity contribution in [1.29, 1.82) is 0 Å². The molecule has 0 bridgehead atoms. The number of aryl methyl sites for hydroxylation is 1. The van der Waals surface area contributed by atoms with Crippen molar-refractivity contribution in [3.63, 3.8) is 0 Å². The molecule has 2 aromatic carbocycles. The number of hydrogen-bond donors (Lipinski definition) is 1. The van der Waals surface area contributed by atoms with Gasteiger partial charge >= 0.3 is 0 Å². The van der Waals surface area contributed by atoms with Crippen LogP contribution in [-0.4, -0.2) is 41.9 Å². The summed E-state index contributed by atoms with van der Waals surface area (Å²) in [5, 5.41) is -0.198. The lowest BCUT2D eigenvalue weighted by atomic mass is 9.93. The van der Waals surface area contributed by atoms with Gasteiger partial charge in [-0.25, -0.2) is 8.42 Å². The molecule has 162 valence electrons. The summed E-state index contributed by atoms with van der Waals surface area (Å²) in [6.45, 7) is 3.89. The number of nitrogens with zero attached hydrogens (tertiary/aromatic N) is 1. The first-order chi connectivity index (χ1) is 14.8. The molecule has 2 amide bonds. The molecule has 1 aliphatic rings. The van der Waals surface area contributed by atoms with Crippen molar-refractivity contribution in [2.75, 3.05) is 6.54 Å². The zero-order chi connectivity index (χ0) is 22.2. The maximum Gasteiger partial charge on any atom is 0.247 e. The van der Waals surface area contributed by atoms with Gasteiger partial charge in [-0.1, -0.05) is 42.8 Å². The molecule has 1 aliphatic heterocycles. The van der Waals surface area contributed by atoms with Crippen LogP contribution in [0.5, 0.6) is 0 Å². The Hall–Kier alpha value is -2.93. The summed E-state index contributed by atoms with van der Waals surface area (Å²) in [5.74, 6) is -1.37. The molecular weight excluding hydrogens is 412 g/mol. The van der Waals surface area contributed by atoms with Crippen LogP contribution in [-0.2, 0) is 25.8 Å². The summed E-state index contributed by atoms with van der Waals surface area (Å²) in [5.41, 5.74) is 2.92. The Bertz CT molecular complexity index is 1230. The lowest BCUT2D eigenvalue weighted by molar-refractivity contribution is -0.151. The van der Waals surface area contributed by atoms with Gasteiger partial charge in [0.05, 0.1) is 4.90 Å². The second-order valence-corrected chi connectivity index (χ2v) is 10.3. The van der Waals surface area contributed by atoms with Crippen LogP contribution in [0.15, 0.2) is 59.6 Å². The number of aromatic amines is 1. The first-order valence-electron chi connectivity index (χ1n) is 10.5. The maximum absolute atomic E-state index is 13.3. The number of amides is 2. The molecule has 1 aromatic heterocycles. The predicted molar refractivity (Wildman–Crippen MR) is 119 cm³/mol. The highest BCUT2D eigenvalue weighted by Crippen LogP contribution is 2.31. The number of carbonyl (C=O) groups excluding carboxylic acids is 2. The number of rotatable bonds is 6. The molecule has 7 heteroatoms. The quantitative estimate of drug-likeness (QED) is 0.595. The van der Waals surface area contributed by atoms with Gasteiger partial charge in [0.15, 0.2) is 9.84 Å². The second kappa shape index (κ2) is 8.30. The van der Waals surface area contributed by atoms with Crippen LogP contribution < -0.4 is 0 Å². The molecule has 0 spiro atoms. The van der Waals surface area contributed by atoms with Crippen molar-refractivity contribution in [3.8, 4) is 0 Å². The number of fused-ring (bicyclic) bond motifs is 1. The van der Waals surface area contributed by atoms with E-state index in [1.165, 1.54) is 12.1 Å². The van der Waals surface area contributed by atoms with E-state index in [0.29, 0.717) is 12.8 Å². The first-order valence-corrected chi connectivity index (χ1v) is 12.1. The molecule has 6 nitrogen and oxygen atoms in total. The predicted octanol–water partition coefficient (Wildman–Crippen LogP) is 3.65. The van der Waals surface area contributed by atoms with E-state index in [9.17, 15) is 18.0 Å². The third-order valence-corrected chi connectivity index (χ3v) is 8.22. The van der Waals surface area contributed by atoms with Gasteiger partial charge < -0.3 is 4.98 Å². The van der Waals surface area contributed by atoms with Gasteiger partial charge in [-0.3, -0.25) is 14.5 Å². The van der Waals surface area contributed by atoms with Crippen LogP contribution in [0.3, 0.4) is 0 Å². The molecule has 2 atom stereocenters. The van der Waals surface area contributed by atoms with Gasteiger partial charge in [-0.2, -0.15) is 0 Å². The van der Waals surface area contributed by atoms with E-state index in [4.69, 9.17) is 0 Å². The summed E-state index contributed by atoms with van der Waals surface area (Å²) < 4.78 is 26.5. The topological polar surface area (TPSA) is 87.3 Å². The Kier molecular flexibility index (Phi) is 5.71. The van der Waals surface area contributed by atoms with Crippen LogP contribution in [0.4, 0.5) is 0 Å². The molecule has 2 heterocycles. The Labute approximate surface area is 182 Å². The number of imide groups is 1. The lowest BCUT2D eigenvalue weighted by Gasteiger charge is -2.35. The molecule has 0 saturated carbocycles. The Morgan fingerprint density at radius 3 is 2.45 bits per heavy atom. The van der Waals surface area contributed by atoms with Gasteiger partial charge in [0, 0.05) is 29.6 Å². The third kappa shape index (κ3) is 3.90. The van der Waals surface area contributed by atoms with E-state index in [1.54, 1.807) is 12.1 Å². The van der Waals surface area contributed by atoms with Crippen molar-refractivity contribution in [2.24, 2.45) is 5.92 Å². The molecule has 0 aliphatic carbocycles.